The second-order valence-electron chi connectivity index (χ2n) is 5.41. The van der Waals surface area contributed by atoms with Gasteiger partial charge in [-0.15, -0.1) is 0 Å². The van der Waals surface area contributed by atoms with Crippen molar-refractivity contribution in [3.05, 3.63) is 23.8 Å². The number of nitrogens with one attached hydrogen (secondary N) is 2. The number of fused-ring (bicyclic) bond motifs is 1. The second kappa shape index (κ2) is 6.13. The summed E-state index contributed by atoms with van der Waals surface area (Å²) < 4.78 is 5.69. The predicted molar refractivity (Wildman–Crippen MR) is 80.2 cm³/mol. The van der Waals surface area contributed by atoms with Crippen LogP contribution in [0.2, 0.25) is 0 Å². The van der Waals surface area contributed by atoms with Crippen LogP contribution in [0.25, 0.3) is 0 Å². The average molecular weight is 291 g/mol. The van der Waals surface area contributed by atoms with Gasteiger partial charge in [-0.05, 0) is 44.2 Å². The summed E-state index contributed by atoms with van der Waals surface area (Å²) in [6, 6.07) is 5.58. The minimum absolute atomic E-state index is 0.0439. The maximum absolute atomic E-state index is 11.4. The number of benzene rings is 1. The summed E-state index contributed by atoms with van der Waals surface area (Å²) in [6.07, 6.45) is 1.69. The van der Waals surface area contributed by atoms with E-state index in [9.17, 15) is 9.59 Å². The van der Waals surface area contributed by atoms with Crippen molar-refractivity contribution in [2.75, 3.05) is 19.0 Å². The molecule has 21 heavy (non-hydrogen) atoms. The Kier molecular flexibility index (Phi) is 4.47. The van der Waals surface area contributed by atoms with Crippen LogP contribution in [-0.4, -0.2) is 31.0 Å². The molecule has 1 unspecified atom stereocenters. The van der Waals surface area contributed by atoms with Crippen LogP contribution in [-0.2, 0) is 16.0 Å². The summed E-state index contributed by atoms with van der Waals surface area (Å²) in [4.78, 5) is 22.7. The van der Waals surface area contributed by atoms with E-state index in [1.807, 2.05) is 18.2 Å². The summed E-state index contributed by atoms with van der Waals surface area (Å²) >= 11 is 0. The minimum Gasteiger partial charge on any atom is -0.493 e. The first-order valence-corrected chi connectivity index (χ1v) is 6.99. The Balaban J connectivity index is 1.95. The molecule has 114 valence electrons. The molecule has 0 bridgehead atoms. The summed E-state index contributed by atoms with van der Waals surface area (Å²) in [5, 5.41) is 5.74. The third-order valence-electron chi connectivity index (χ3n) is 3.94. The van der Waals surface area contributed by atoms with Gasteiger partial charge in [0.2, 0.25) is 11.8 Å². The number of nitrogens with two attached hydrogens (primary N) is 1. The van der Waals surface area contributed by atoms with Crippen LogP contribution in [0.5, 0.6) is 5.75 Å². The average Bonchev–Trinajstić information content (AvgIpc) is 2.47. The molecule has 1 atom stereocenters. The molecule has 0 saturated carbocycles. The normalized spacial score (nSPS) is 16.6. The van der Waals surface area contributed by atoms with Crippen LogP contribution in [0.15, 0.2) is 18.2 Å². The van der Waals surface area contributed by atoms with E-state index in [0.29, 0.717) is 25.9 Å². The Morgan fingerprint density at radius 3 is 2.90 bits per heavy atom. The van der Waals surface area contributed by atoms with Gasteiger partial charge >= 0.3 is 0 Å². The van der Waals surface area contributed by atoms with E-state index in [2.05, 4.69) is 10.6 Å². The summed E-state index contributed by atoms with van der Waals surface area (Å²) in [5.74, 6) is 0.372. The zero-order valence-electron chi connectivity index (χ0n) is 12.4. The van der Waals surface area contributed by atoms with E-state index in [1.54, 1.807) is 14.0 Å². The van der Waals surface area contributed by atoms with Crippen LogP contribution in [0.3, 0.4) is 0 Å². The van der Waals surface area contributed by atoms with E-state index < -0.39 is 11.4 Å². The minimum atomic E-state index is -0.776. The van der Waals surface area contributed by atoms with Crippen LogP contribution < -0.4 is 21.1 Å². The molecular formula is C15H21N3O3. The molecule has 0 aromatic heterocycles. The number of carbonyl (C=O) groups excluding carboxylic acids is 2. The number of likely N-dealkylation sites (N-methyl/N-ethyl adjacent to an activating group) is 1. The molecule has 0 saturated heterocycles. The van der Waals surface area contributed by atoms with Gasteiger partial charge in [-0.1, -0.05) is 0 Å². The third kappa shape index (κ3) is 3.52. The molecule has 0 spiro atoms. The van der Waals surface area contributed by atoms with Crippen molar-refractivity contribution >= 4 is 17.5 Å². The Morgan fingerprint density at radius 2 is 2.24 bits per heavy atom. The quantitative estimate of drug-likeness (QED) is 0.723. The van der Waals surface area contributed by atoms with Crippen LogP contribution >= 0.6 is 0 Å². The molecule has 0 aliphatic carbocycles. The SMILES string of the molecule is CNC(C)(CCOc1ccc2c(c1)CCC(=O)N2)C(N)=O. The van der Waals surface area contributed by atoms with E-state index in [4.69, 9.17) is 10.5 Å². The Hall–Kier alpha value is -2.08. The lowest BCUT2D eigenvalue weighted by molar-refractivity contribution is -0.124. The van der Waals surface area contributed by atoms with Crippen molar-refractivity contribution in [3.63, 3.8) is 0 Å². The molecule has 1 heterocycles. The van der Waals surface area contributed by atoms with Crippen molar-refractivity contribution in [2.45, 2.75) is 31.7 Å². The predicted octanol–water partition coefficient (Wildman–Crippen LogP) is 0.804. The maximum atomic E-state index is 11.4. The summed E-state index contributed by atoms with van der Waals surface area (Å²) in [6.45, 7) is 2.13. The molecule has 2 rings (SSSR count). The molecule has 0 radical (unpaired) electrons. The van der Waals surface area contributed by atoms with Crippen molar-refractivity contribution in [2.24, 2.45) is 5.73 Å². The van der Waals surface area contributed by atoms with Gasteiger partial charge in [0, 0.05) is 18.5 Å². The zero-order chi connectivity index (χ0) is 15.5. The topological polar surface area (TPSA) is 93.4 Å². The van der Waals surface area contributed by atoms with E-state index in [1.165, 1.54) is 0 Å². The largest absolute Gasteiger partial charge is 0.493 e. The van der Waals surface area contributed by atoms with E-state index >= 15 is 0 Å². The number of amides is 2. The third-order valence-corrected chi connectivity index (χ3v) is 3.94. The highest BCUT2D eigenvalue weighted by Gasteiger charge is 2.28. The van der Waals surface area contributed by atoms with Gasteiger partial charge in [-0.25, -0.2) is 0 Å². The fourth-order valence-electron chi connectivity index (χ4n) is 2.19. The van der Waals surface area contributed by atoms with E-state index in [-0.39, 0.29) is 5.91 Å². The Labute approximate surface area is 124 Å². The first kappa shape index (κ1) is 15.3. The molecular weight excluding hydrogens is 270 g/mol. The van der Waals surface area contributed by atoms with Crippen LogP contribution in [0, 0.1) is 0 Å². The van der Waals surface area contributed by atoms with Crippen molar-refractivity contribution < 1.29 is 14.3 Å². The Bertz CT molecular complexity index is 559. The molecule has 0 fully saturated rings. The van der Waals surface area contributed by atoms with Crippen LogP contribution in [0.1, 0.15) is 25.3 Å². The number of hydrogen-bond donors (Lipinski definition) is 3. The number of anilines is 1. The molecule has 6 nitrogen and oxygen atoms in total. The fourth-order valence-corrected chi connectivity index (χ4v) is 2.19. The molecule has 1 aromatic rings. The fraction of sp³-hybridized carbons (Fsp3) is 0.467. The van der Waals surface area contributed by atoms with Gasteiger partial charge in [0.1, 0.15) is 5.75 Å². The van der Waals surface area contributed by atoms with Gasteiger partial charge in [-0.3, -0.25) is 9.59 Å². The lowest BCUT2D eigenvalue weighted by Crippen LogP contribution is -2.52. The van der Waals surface area contributed by atoms with Gasteiger partial charge in [-0.2, -0.15) is 0 Å². The van der Waals surface area contributed by atoms with Crippen molar-refractivity contribution in [1.82, 2.24) is 5.32 Å². The van der Waals surface area contributed by atoms with Crippen molar-refractivity contribution in [1.29, 1.82) is 0 Å². The smallest absolute Gasteiger partial charge is 0.237 e. The molecule has 6 heteroatoms. The maximum Gasteiger partial charge on any atom is 0.237 e. The molecule has 4 N–H and O–H groups in total. The lowest BCUT2D eigenvalue weighted by atomic mass is 9.98. The lowest BCUT2D eigenvalue weighted by Gasteiger charge is -2.25. The molecule has 1 aliphatic heterocycles. The van der Waals surface area contributed by atoms with Gasteiger partial charge in [0.05, 0.1) is 12.1 Å². The molecule has 2 amide bonds. The summed E-state index contributed by atoms with van der Waals surface area (Å²) in [7, 11) is 1.70. The highest BCUT2D eigenvalue weighted by molar-refractivity contribution is 5.94. The summed E-state index contributed by atoms with van der Waals surface area (Å²) in [5.41, 5.74) is 6.50. The zero-order valence-corrected chi connectivity index (χ0v) is 12.4. The Morgan fingerprint density at radius 1 is 1.48 bits per heavy atom. The van der Waals surface area contributed by atoms with Crippen LogP contribution in [0.4, 0.5) is 5.69 Å². The van der Waals surface area contributed by atoms with Gasteiger partial charge < -0.3 is 21.1 Å². The van der Waals surface area contributed by atoms with Gasteiger partial charge in [0.15, 0.2) is 0 Å². The monoisotopic (exact) mass is 291 g/mol. The first-order chi connectivity index (χ1) is 9.94. The van der Waals surface area contributed by atoms with Crippen molar-refractivity contribution in [3.8, 4) is 5.75 Å². The molecule has 1 aliphatic rings. The first-order valence-electron chi connectivity index (χ1n) is 6.99. The highest BCUT2D eigenvalue weighted by atomic mass is 16.5. The van der Waals surface area contributed by atoms with E-state index in [0.717, 1.165) is 17.0 Å². The number of aryl methyl sites for hydroxylation is 1. The number of ether oxygens (including phenoxy) is 1. The number of primary amides is 1. The highest BCUT2D eigenvalue weighted by Crippen LogP contribution is 2.27. The number of rotatable bonds is 6. The number of carbonyl (C=O) groups is 2. The molecule has 1 aromatic carbocycles. The van der Waals surface area contributed by atoms with Gasteiger partial charge in [0.25, 0.3) is 0 Å². The number of hydrogen-bond acceptors (Lipinski definition) is 4. The second-order valence-corrected chi connectivity index (χ2v) is 5.41. The standard InChI is InChI=1S/C15H21N3O3/c1-15(17-2,14(16)20)7-8-21-11-4-5-12-10(9-11)3-6-13(19)18-12/h4-5,9,17H,3,6-8H2,1-2H3,(H2,16,20)(H,18,19).